The molecule has 5 nitrogen and oxygen atoms in total. The van der Waals surface area contributed by atoms with E-state index in [1.165, 1.54) is 5.56 Å². The van der Waals surface area contributed by atoms with Gasteiger partial charge in [0.05, 0.1) is 6.21 Å². The molecule has 0 heterocycles. The summed E-state index contributed by atoms with van der Waals surface area (Å²) in [6.07, 6.45) is 6.68. The highest BCUT2D eigenvalue weighted by Gasteiger charge is 2.13. The van der Waals surface area contributed by atoms with Crippen molar-refractivity contribution in [2.24, 2.45) is 5.10 Å². The molecule has 2 N–H and O–H groups in total. The van der Waals surface area contributed by atoms with Crippen molar-refractivity contribution in [3.8, 4) is 0 Å². The Hall–Kier alpha value is -4.25. The first-order chi connectivity index (χ1) is 16.0. The summed E-state index contributed by atoms with van der Waals surface area (Å²) in [6.45, 7) is 4.26. The van der Waals surface area contributed by atoms with Gasteiger partial charge in [-0.1, -0.05) is 98.8 Å². The summed E-state index contributed by atoms with van der Waals surface area (Å²) in [5.74, 6) is -0.453. The van der Waals surface area contributed by atoms with Crippen LogP contribution < -0.4 is 10.7 Å². The van der Waals surface area contributed by atoms with E-state index in [1.807, 2.05) is 66.7 Å². The first-order valence-electron chi connectivity index (χ1n) is 10.8. The van der Waals surface area contributed by atoms with Crippen LogP contribution in [0.1, 0.15) is 46.8 Å². The van der Waals surface area contributed by atoms with Crippen molar-refractivity contribution in [3.05, 3.63) is 125 Å². The van der Waals surface area contributed by atoms with Gasteiger partial charge in [-0.2, -0.15) is 5.10 Å². The zero-order valence-electron chi connectivity index (χ0n) is 18.7. The lowest BCUT2D eigenvalue weighted by Gasteiger charge is -2.08. The Morgan fingerprint density at radius 3 is 2.09 bits per heavy atom. The lowest BCUT2D eigenvalue weighted by molar-refractivity contribution is -0.117. The standard InChI is InChI=1S/C28H27N3O2/c1-21(2)24-18-16-23(17-19-24)20-29-31-28(33)26(15-9-12-22-10-5-3-6-11-22)30-27(32)25-13-7-4-8-14-25/h3-21H,1-2H3,(H,30,32)(H,31,33)/b12-9+,26-15-,29-20+. The smallest absolute Gasteiger partial charge is 0.287 e. The Morgan fingerprint density at radius 1 is 0.818 bits per heavy atom. The number of hydrazone groups is 1. The zero-order chi connectivity index (χ0) is 23.5. The Labute approximate surface area is 194 Å². The molecule has 2 amide bonds. The molecule has 3 rings (SSSR count). The van der Waals surface area contributed by atoms with Crippen LogP contribution in [0.15, 0.2) is 108 Å². The van der Waals surface area contributed by atoms with Crippen LogP contribution in [-0.4, -0.2) is 18.0 Å². The molecule has 0 saturated carbocycles. The van der Waals surface area contributed by atoms with Gasteiger partial charge in [0.15, 0.2) is 0 Å². The Balaban J connectivity index is 1.72. The maximum atomic E-state index is 12.7. The van der Waals surface area contributed by atoms with E-state index >= 15 is 0 Å². The highest BCUT2D eigenvalue weighted by molar-refractivity contribution is 6.03. The maximum absolute atomic E-state index is 12.7. The largest absolute Gasteiger partial charge is 0.317 e. The van der Waals surface area contributed by atoms with Gasteiger partial charge in [-0.05, 0) is 40.8 Å². The van der Waals surface area contributed by atoms with Crippen molar-refractivity contribution < 1.29 is 9.59 Å². The minimum atomic E-state index is -0.521. The van der Waals surface area contributed by atoms with Crippen LogP contribution in [0.25, 0.3) is 6.08 Å². The van der Waals surface area contributed by atoms with Gasteiger partial charge >= 0.3 is 0 Å². The maximum Gasteiger partial charge on any atom is 0.287 e. The van der Waals surface area contributed by atoms with Gasteiger partial charge in [-0.15, -0.1) is 0 Å². The predicted molar refractivity (Wildman–Crippen MR) is 134 cm³/mol. The van der Waals surface area contributed by atoms with Crippen LogP contribution in [0.4, 0.5) is 0 Å². The van der Waals surface area contributed by atoms with Gasteiger partial charge in [0.2, 0.25) is 0 Å². The minimum absolute atomic E-state index is 0.0864. The third-order valence-electron chi connectivity index (χ3n) is 4.86. The third kappa shape index (κ3) is 7.43. The molecule has 0 aromatic heterocycles. The fourth-order valence-electron chi connectivity index (χ4n) is 2.97. The van der Waals surface area contributed by atoms with E-state index < -0.39 is 5.91 Å². The molecule has 0 bridgehead atoms. The topological polar surface area (TPSA) is 70.6 Å². The number of carbonyl (C=O) groups is 2. The Morgan fingerprint density at radius 2 is 1.45 bits per heavy atom. The second kappa shape index (κ2) is 12.0. The molecule has 3 aromatic carbocycles. The van der Waals surface area contributed by atoms with Crippen molar-refractivity contribution >= 4 is 24.1 Å². The molecule has 0 unspecified atom stereocenters. The van der Waals surface area contributed by atoms with Crippen LogP contribution >= 0.6 is 0 Å². The molecular formula is C28H27N3O2. The number of amides is 2. The highest BCUT2D eigenvalue weighted by atomic mass is 16.2. The van der Waals surface area contributed by atoms with E-state index in [0.717, 1.165) is 11.1 Å². The number of nitrogens with zero attached hydrogens (tertiary/aromatic N) is 1. The van der Waals surface area contributed by atoms with E-state index in [2.05, 4.69) is 29.7 Å². The van der Waals surface area contributed by atoms with E-state index in [9.17, 15) is 9.59 Å². The van der Waals surface area contributed by atoms with Crippen molar-refractivity contribution in [2.75, 3.05) is 0 Å². The molecule has 0 radical (unpaired) electrons. The average Bonchev–Trinajstić information content (AvgIpc) is 2.84. The fourth-order valence-corrected chi connectivity index (χ4v) is 2.97. The van der Waals surface area contributed by atoms with Crippen LogP contribution in [0.2, 0.25) is 0 Å². The number of hydrogen-bond donors (Lipinski definition) is 2. The number of hydrogen-bond acceptors (Lipinski definition) is 3. The Bertz CT molecular complexity index is 1150. The normalized spacial score (nSPS) is 11.8. The molecule has 33 heavy (non-hydrogen) atoms. The molecule has 0 atom stereocenters. The number of benzene rings is 3. The molecule has 5 heteroatoms. The highest BCUT2D eigenvalue weighted by Crippen LogP contribution is 2.13. The molecule has 0 aliphatic heterocycles. The summed E-state index contributed by atoms with van der Waals surface area (Å²) in [6, 6.07) is 26.4. The van der Waals surface area contributed by atoms with E-state index in [0.29, 0.717) is 11.5 Å². The minimum Gasteiger partial charge on any atom is -0.317 e. The molecule has 0 spiro atoms. The predicted octanol–water partition coefficient (Wildman–Crippen LogP) is 5.29. The monoisotopic (exact) mass is 437 g/mol. The first kappa shape index (κ1) is 23.4. The summed E-state index contributed by atoms with van der Waals surface area (Å²) in [5.41, 5.74) is 6.10. The van der Waals surface area contributed by atoms with Crippen LogP contribution in [0.3, 0.4) is 0 Å². The number of carbonyl (C=O) groups excluding carboxylic acids is 2. The van der Waals surface area contributed by atoms with Gasteiger partial charge < -0.3 is 5.32 Å². The summed E-state index contributed by atoms with van der Waals surface area (Å²) in [4.78, 5) is 25.3. The van der Waals surface area contributed by atoms with E-state index in [1.54, 1.807) is 42.6 Å². The van der Waals surface area contributed by atoms with Crippen molar-refractivity contribution in [1.29, 1.82) is 0 Å². The first-order valence-corrected chi connectivity index (χ1v) is 10.8. The number of nitrogens with one attached hydrogen (secondary N) is 2. The van der Waals surface area contributed by atoms with Crippen molar-refractivity contribution in [2.45, 2.75) is 19.8 Å². The summed E-state index contributed by atoms with van der Waals surface area (Å²) < 4.78 is 0. The second-order valence-electron chi connectivity index (χ2n) is 7.69. The molecule has 0 aliphatic rings. The van der Waals surface area contributed by atoms with E-state index in [-0.39, 0.29) is 11.6 Å². The number of allylic oxidation sites excluding steroid dienone is 2. The molecule has 0 aliphatic carbocycles. The molecule has 0 saturated heterocycles. The zero-order valence-corrected chi connectivity index (χ0v) is 18.7. The third-order valence-corrected chi connectivity index (χ3v) is 4.86. The molecular weight excluding hydrogens is 410 g/mol. The van der Waals surface area contributed by atoms with Crippen LogP contribution in [0.5, 0.6) is 0 Å². The van der Waals surface area contributed by atoms with Crippen molar-refractivity contribution in [3.63, 3.8) is 0 Å². The molecule has 166 valence electrons. The lowest BCUT2D eigenvalue weighted by Crippen LogP contribution is -2.32. The van der Waals surface area contributed by atoms with Crippen LogP contribution in [-0.2, 0) is 4.79 Å². The lowest BCUT2D eigenvalue weighted by atomic mass is 10.0. The van der Waals surface area contributed by atoms with E-state index in [4.69, 9.17) is 0 Å². The van der Waals surface area contributed by atoms with Crippen molar-refractivity contribution in [1.82, 2.24) is 10.7 Å². The fraction of sp³-hybridized carbons (Fsp3) is 0.107. The van der Waals surface area contributed by atoms with Gasteiger partial charge in [-0.3, -0.25) is 9.59 Å². The second-order valence-corrected chi connectivity index (χ2v) is 7.69. The average molecular weight is 438 g/mol. The SMILES string of the molecule is CC(C)c1ccc(/C=N/NC(=O)/C(=C/C=C/c2ccccc2)NC(=O)c2ccccc2)cc1. The molecule has 3 aromatic rings. The van der Waals surface area contributed by atoms with Crippen LogP contribution in [0, 0.1) is 0 Å². The summed E-state index contributed by atoms with van der Waals surface area (Å²) in [7, 11) is 0. The summed E-state index contributed by atoms with van der Waals surface area (Å²) in [5, 5.41) is 6.72. The van der Waals surface area contributed by atoms with Gasteiger partial charge in [-0.25, -0.2) is 5.43 Å². The van der Waals surface area contributed by atoms with Gasteiger partial charge in [0.25, 0.3) is 11.8 Å². The summed E-state index contributed by atoms with van der Waals surface area (Å²) >= 11 is 0. The van der Waals surface area contributed by atoms with Gasteiger partial charge in [0.1, 0.15) is 5.70 Å². The Kier molecular flexibility index (Phi) is 8.48. The van der Waals surface area contributed by atoms with Gasteiger partial charge in [0, 0.05) is 5.56 Å². The number of rotatable bonds is 8. The molecule has 0 fully saturated rings. The quantitative estimate of drug-likeness (QED) is 0.218.